The number of benzene rings is 3. The van der Waals surface area contributed by atoms with Gasteiger partial charge in [0.1, 0.15) is 11.3 Å². The number of aryl methyl sites for hydroxylation is 2. The first-order valence-electron chi connectivity index (χ1n) is 10.7. The lowest BCUT2D eigenvalue weighted by atomic mass is 9.87. The molecule has 6 rings (SSSR count). The van der Waals surface area contributed by atoms with E-state index in [0.717, 1.165) is 38.7 Å². The normalized spacial score (nSPS) is 19.2. The van der Waals surface area contributed by atoms with Crippen LogP contribution in [0.1, 0.15) is 27.5 Å². The predicted octanol–water partition coefficient (Wildman–Crippen LogP) is 6.39. The Labute approximate surface area is 190 Å². The molecule has 2 aliphatic heterocycles. The van der Waals surface area contributed by atoms with Crippen molar-refractivity contribution in [2.75, 3.05) is 6.61 Å². The van der Waals surface area contributed by atoms with Crippen LogP contribution in [0.15, 0.2) is 86.0 Å². The number of thioether (sulfide) groups is 1. The monoisotopic (exact) mass is 439 g/mol. The van der Waals surface area contributed by atoms with Crippen LogP contribution < -0.4 is 10.2 Å². The molecule has 0 amide bonds. The fourth-order valence-electron chi connectivity index (χ4n) is 4.54. The third kappa shape index (κ3) is 3.07. The first-order valence-corrected chi connectivity index (χ1v) is 11.6. The van der Waals surface area contributed by atoms with Crippen LogP contribution in [0.3, 0.4) is 0 Å². The molecule has 0 radical (unpaired) electrons. The minimum absolute atomic E-state index is 0.0150. The van der Waals surface area contributed by atoms with Crippen molar-refractivity contribution in [2.24, 2.45) is 10.9 Å². The smallest absolute Gasteiger partial charge is 0.197 e. The maximum atomic E-state index is 13.6. The second-order valence-electron chi connectivity index (χ2n) is 8.44. The average molecular weight is 440 g/mol. The van der Waals surface area contributed by atoms with Crippen LogP contribution in [0.25, 0.3) is 11.0 Å². The molecular formula is C27H21NO3S. The van der Waals surface area contributed by atoms with E-state index in [1.165, 1.54) is 0 Å². The Hall–Kier alpha value is -3.31. The molecule has 3 aromatic carbocycles. The van der Waals surface area contributed by atoms with Crippen LogP contribution in [0.4, 0.5) is 5.69 Å². The molecule has 0 fully saturated rings. The van der Waals surface area contributed by atoms with Crippen molar-refractivity contribution in [2.45, 2.75) is 24.0 Å². The first kappa shape index (κ1) is 19.4. The summed E-state index contributed by atoms with van der Waals surface area (Å²) >= 11 is 1.67. The summed E-state index contributed by atoms with van der Waals surface area (Å²) in [7, 11) is 0. The van der Waals surface area contributed by atoms with Gasteiger partial charge in [0.15, 0.2) is 5.43 Å². The molecule has 4 nitrogen and oxygen atoms in total. The maximum Gasteiger partial charge on any atom is 0.197 e. The lowest BCUT2D eigenvalue weighted by molar-refractivity contribution is 0.271. The van der Waals surface area contributed by atoms with Crippen molar-refractivity contribution < 1.29 is 9.15 Å². The fraction of sp³-hybridized carbons (Fsp3) is 0.185. The van der Waals surface area contributed by atoms with Gasteiger partial charge in [-0.1, -0.05) is 35.4 Å². The second-order valence-corrected chi connectivity index (χ2v) is 9.62. The first-order chi connectivity index (χ1) is 15.6. The summed E-state index contributed by atoms with van der Waals surface area (Å²) in [5.74, 6) is 0.766. The van der Waals surface area contributed by atoms with Crippen LogP contribution in [0.2, 0.25) is 0 Å². The topological polar surface area (TPSA) is 51.8 Å². The van der Waals surface area contributed by atoms with E-state index >= 15 is 0 Å². The van der Waals surface area contributed by atoms with Crippen molar-refractivity contribution in [3.8, 4) is 5.75 Å². The lowest BCUT2D eigenvalue weighted by Crippen LogP contribution is -2.33. The molecule has 0 unspecified atom stereocenters. The summed E-state index contributed by atoms with van der Waals surface area (Å²) in [5, 5.41) is 0.444. The van der Waals surface area contributed by atoms with Gasteiger partial charge in [0, 0.05) is 16.0 Å². The van der Waals surface area contributed by atoms with E-state index in [9.17, 15) is 4.79 Å². The summed E-state index contributed by atoms with van der Waals surface area (Å²) in [6.07, 6.45) is 1.63. The van der Waals surface area contributed by atoms with Gasteiger partial charge in [-0.05, 0) is 50.2 Å². The second kappa shape index (κ2) is 7.38. The minimum atomic E-state index is -0.174. The summed E-state index contributed by atoms with van der Waals surface area (Å²) in [6.45, 7) is 4.52. The van der Waals surface area contributed by atoms with Crippen molar-refractivity contribution in [1.29, 1.82) is 0 Å². The molecule has 0 saturated heterocycles. The quantitative estimate of drug-likeness (QED) is 0.345. The van der Waals surface area contributed by atoms with Crippen molar-refractivity contribution >= 4 is 34.1 Å². The summed E-state index contributed by atoms with van der Waals surface area (Å²) in [4.78, 5) is 19.8. The van der Waals surface area contributed by atoms with Crippen LogP contribution in [0.5, 0.6) is 5.75 Å². The minimum Gasteiger partial charge on any atom is -0.492 e. The molecule has 0 aliphatic carbocycles. The highest BCUT2D eigenvalue weighted by Gasteiger charge is 2.38. The predicted molar refractivity (Wildman–Crippen MR) is 129 cm³/mol. The van der Waals surface area contributed by atoms with E-state index in [0.29, 0.717) is 23.1 Å². The Morgan fingerprint density at radius 1 is 1.00 bits per heavy atom. The van der Waals surface area contributed by atoms with Gasteiger partial charge < -0.3 is 9.15 Å². The maximum absolute atomic E-state index is 13.6. The number of rotatable bonds is 1. The number of hydrogen-bond donors (Lipinski definition) is 0. The molecular weight excluding hydrogens is 418 g/mol. The van der Waals surface area contributed by atoms with Crippen LogP contribution in [-0.2, 0) is 0 Å². The number of ether oxygens (including phenoxy) is 1. The summed E-state index contributed by atoms with van der Waals surface area (Å²) in [6, 6.07) is 20.0. The van der Waals surface area contributed by atoms with Crippen molar-refractivity contribution in [3.63, 3.8) is 0 Å². The van der Waals surface area contributed by atoms with Gasteiger partial charge in [-0.3, -0.25) is 9.79 Å². The highest BCUT2D eigenvalue weighted by atomic mass is 32.2. The SMILES string of the molecule is Cc1ccc2c(c1)C1=Nc3ccccc3S[C@@H](c3coc4ccc(C)cc4c3=O)[C@@H]1CO2. The number of aliphatic imine (C=N–C) groups is 1. The zero-order valence-electron chi connectivity index (χ0n) is 17.8. The largest absolute Gasteiger partial charge is 0.492 e. The average Bonchev–Trinajstić information content (AvgIpc) is 2.97. The molecule has 0 saturated carbocycles. The van der Waals surface area contributed by atoms with Gasteiger partial charge in [0.2, 0.25) is 0 Å². The lowest BCUT2D eigenvalue weighted by Gasteiger charge is -2.31. The highest BCUT2D eigenvalue weighted by Crippen LogP contribution is 2.49. The number of hydrogen-bond acceptors (Lipinski definition) is 5. The number of nitrogens with zero attached hydrogens (tertiary/aromatic N) is 1. The van der Waals surface area contributed by atoms with Crippen LogP contribution >= 0.6 is 11.8 Å². The van der Waals surface area contributed by atoms with Crippen molar-refractivity contribution in [3.05, 3.63) is 99.4 Å². The van der Waals surface area contributed by atoms with E-state index < -0.39 is 0 Å². The molecule has 0 N–H and O–H groups in total. The molecule has 158 valence electrons. The molecule has 4 aromatic rings. The molecule has 2 aliphatic rings. The molecule has 5 heteroatoms. The van der Waals surface area contributed by atoms with Gasteiger partial charge in [0.05, 0.1) is 40.8 Å². The Morgan fingerprint density at radius 3 is 2.72 bits per heavy atom. The summed E-state index contributed by atoms with van der Waals surface area (Å²) in [5.41, 5.74) is 6.37. The third-order valence-electron chi connectivity index (χ3n) is 6.17. The third-order valence-corrected chi connectivity index (χ3v) is 7.60. The molecule has 32 heavy (non-hydrogen) atoms. The Balaban J connectivity index is 1.59. The van der Waals surface area contributed by atoms with Gasteiger partial charge in [-0.15, -0.1) is 11.8 Å². The van der Waals surface area contributed by atoms with Gasteiger partial charge in [0.25, 0.3) is 0 Å². The van der Waals surface area contributed by atoms with Gasteiger partial charge >= 0.3 is 0 Å². The molecule has 3 heterocycles. The van der Waals surface area contributed by atoms with Gasteiger partial charge in [-0.2, -0.15) is 0 Å². The molecule has 1 aromatic heterocycles. The Bertz CT molecular complexity index is 1470. The standard InChI is InChI=1S/C27H21NO3S/c1-15-7-9-22-17(11-15)25-19(13-30-22)27(32-24-6-4-3-5-21(24)28-25)20-14-31-23-10-8-16(2)12-18(23)26(20)29/h3-12,14,19,27H,13H2,1-2H3/t19-,27-/m1/s1. The number of para-hydroxylation sites is 1. The van der Waals surface area contributed by atoms with Crippen molar-refractivity contribution in [1.82, 2.24) is 0 Å². The van der Waals surface area contributed by atoms with Crippen LogP contribution in [0, 0.1) is 19.8 Å². The summed E-state index contributed by atoms with van der Waals surface area (Å²) < 4.78 is 12.1. The molecule has 0 spiro atoms. The van der Waals surface area contributed by atoms with E-state index in [-0.39, 0.29) is 16.6 Å². The Kier molecular flexibility index (Phi) is 4.47. The fourth-order valence-corrected chi connectivity index (χ4v) is 5.86. The van der Waals surface area contributed by atoms with Gasteiger partial charge in [-0.25, -0.2) is 0 Å². The highest BCUT2D eigenvalue weighted by molar-refractivity contribution is 7.99. The molecule has 0 bridgehead atoms. The molecule has 2 atom stereocenters. The number of fused-ring (bicyclic) bond motifs is 5. The zero-order chi connectivity index (χ0) is 21.8. The van der Waals surface area contributed by atoms with E-state index in [4.69, 9.17) is 14.1 Å². The zero-order valence-corrected chi connectivity index (χ0v) is 18.6. The van der Waals surface area contributed by atoms with E-state index in [1.807, 2.05) is 49.4 Å². The van der Waals surface area contributed by atoms with E-state index in [1.54, 1.807) is 18.0 Å². The van der Waals surface area contributed by atoms with E-state index in [2.05, 4.69) is 25.1 Å². The Morgan fingerprint density at radius 2 is 1.81 bits per heavy atom. The van der Waals surface area contributed by atoms with Crippen LogP contribution in [-0.4, -0.2) is 12.3 Å².